The minimum Gasteiger partial charge on any atom is -0.300 e. The molecule has 0 aliphatic heterocycles. The van der Waals surface area contributed by atoms with Gasteiger partial charge in [0.1, 0.15) is 5.82 Å². The van der Waals surface area contributed by atoms with Crippen LogP contribution in [0.2, 0.25) is 0 Å². The van der Waals surface area contributed by atoms with E-state index in [-0.39, 0.29) is 0 Å². The first-order chi connectivity index (χ1) is 13.3. The number of thioether (sulfide) groups is 2. The maximum atomic E-state index is 4.59. The van der Waals surface area contributed by atoms with Crippen LogP contribution in [0.25, 0.3) is 17.1 Å². The van der Waals surface area contributed by atoms with E-state index in [9.17, 15) is 0 Å². The molecule has 1 fully saturated rings. The van der Waals surface area contributed by atoms with Gasteiger partial charge >= 0.3 is 0 Å². The molecule has 0 spiro atoms. The lowest BCUT2D eigenvalue weighted by Crippen LogP contribution is -2.08. The zero-order chi connectivity index (χ0) is 18.5. The van der Waals surface area contributed by atoms with Crippen LogP contribution in [0.5, 0.6) is 0 Å². The van der Waals surface area contributed by atoms with Crippen LogP contribution < -0.4 is 0 Å². The van der Waals surface area contributed by atoms with Gasteiger partial charge in [-0.05, 0) is 61.4 Å². The van der Waals surface area contributed by atoms with Crippen molar-refractivity contribution >= 4 is 23.5 Å². The van der Waals surface area contributed by atoms with Crippen molar-refractivity contribution < 1.29 is 0 Å². The summed E-state index contributed by atoms with van der Waals surface area (Å²) < 4.78 is 2.17. The lowest BCUT2D eigenvalue weighted by atomic mass is 9.91. The van der Waals surface area contributed by atoms with Crippen LogP contribution in [0.4, 0.5) is 0 Å². The fraction of sp³-hybridized carbons (Fsp3) is 0.348. The molecule has 27 heavy (non-hydrogen) atoms. The third kappa shape index (κ3) is 4.61. The van der Waals surface area contributed by atoms with Crippen molar-refractivity contribution in [2.24, 2.45) is 5.92 Å². The van der Waals surface area contributed by atoms with E-state index in [1.54, 1.807) is 11.8 Å². The summed E-state index contributed by atoms with van der Waals surface area (Å²) in [5.41, 5.74) is 2.31. The summed E-state index contributed by atoms with van der Waals surface area (Å²) in [7, 11) is 0. The van der Waals surface area contributed by atoms with Crippen LogP contribution in [-0.2, 0) is 0 Å². The average Bonchev–Trinajstić information content (AvgIpc) is 3.23. The summed E-state index contributed by atoms with van der Waals surface area (Å²) in [5.74, 6) is 3.16. The van der Waals surface area contributed by atoms with Crippen molar-refractivity contribution in [1.82, 2.24) is 9.55 Å². The normalized spacial score (nSPS) is 15.1. The summed E-state index contributed by atoms with van der Waals surface area (Å²) in [4.78, 5) is 7.23. The highest BCUT2D eigenvalue weighted by atomic mass is 32.2. The molecule has 3 aromatic rings. The molecule has 0 radical (unpaired) electrons. The predicted molar refractivity (Wildman–Crippen MR) is 118 cm³/mol. The van der Waals surface area contributed by atoms with Gasteiger partial charge in [-0.15, -0.1) is 23.5 Å². The molecule has 4 heteroatoms. The monoisotopic (exact) mass is 394 g/mol. The Balaban J connectivity index is 1.46. The summed E-state index contributed by atoms with van der Waals surface area (Å²) in [5, 5.41) is 0. The number of imidazole rings is 1. The second-order valence-corrected chi connectivity index (χ2v) is 9.13. The SMILES string of the molecule is CSc1ccc(-c2nccn2-c2ccc(SCC3CCCCC3)cc2)cc1. The quantitative estimate of drug-likeness (QED) is 0.422. The van der Waals surface area contributed by atoms with E-state index in [0.29, 0.717) is 0 Å². The second kappa shape index (κ2) is 9.03. The molecule has 1 saturated carbocycles. The second-order valence-electron chi connectivity index (χ2n) is 7.16. The zero-order valence-electron chi connectivity index (χ0n) is 15.8. The van der Waals surface area contributed by atoms with Crippen molar-refractivity contribution in [3.63, 3.8) is 0 Å². The largest absolute Gasteiger partial charge is 0.300 e. The molecule has 4 rings (SSSR count). The maximum Gasteiger partial charge on any atom is 0.144 e. The van der Waals surface area contributed by atoms with Gasteiger partial charge in [-0.1, -0.05) is 31.4 Å². The van der Waals surface area contributed by atoms with Crippen LogP contribution in [0, 0.1) is 5.92 Å². The van der Waals surface area contributed by atoms with E-state index in [1.165, 1.54) is 53.3 Å². The van der Waals surface area contributed by atoms with Gasteiger partial charge in [-0.3, -0.25) is 4.57 Å². The highest BCUT2D eigenvalue weighted by Crippen LogP contribution is 2.31. The standard InChI is InChI=1S/C23H26N2S2/c1-26-21-11-7-19(8-12-21)23-24-15-16-25(23)20-9-13-22(14-10-20)27-17-18-5-3-2-4-6-18/h7-16,18H,2-6,17H2,1H3. The summed E-state index contributed by atoms with van der Waals surface area (Å²) >= 11 is 3.77. The molecular formula is C23H26N2S2. The van der Waals surface area contributed by atoms with E-state index in [2.05, 4.69) is 64.3 Å². The van der Waals surface area contributed by atoms with Gasteiger partial charge in [0.15, 0.2) is 0 Å². The van der Waals surface area contributed by atoms with Crippen molar-refractivity contribution in [2.75, 3.05) is 12.0 Å². The number of nitrogens with zero attached hydrogens (tertiary/aromatic N) is 2. The van der Waals surface area contributed by atoms with E-state index in [4.69, 9.17) is 0 Å². The Labute approximate surface area is 170 Å². The fourth-order valence-corrected chi connectivity index (χ4v) is 5.23. The van der Waals surface area contributed by atoms with E-state index in [1.807, 2.05) is 24.2 Å². The first-order valence-corrected chi connectivity index (χ1v) is 12.0. The first kappa shape index (κ1) is 18.7. The molecule has 140 valence electrons. The number of rotatable bonds is 6. The van der Waals surface area contributed by atoms with Crippen molar-refractivity contribution in [2.45, 2.75) is 41.9 Å². The molecule has 1 aliphatic rings. The summed E-state index contributed by atoms with van der Waals surface area (Å²) in [6.07, 6.45) is 13.1. The van der Waals surface area contributed by atoms with Gasteiger partial charge in [0.2, 0.25) is 0 Å². The molecule has 0 bridgehead atoms. The van der Waals surface area contributed by atoms with Crippen molar-refractivity contribution in [1.29, 1.82) is 0 Å². The molecule has 1 heterocycles. The Bertz CT molecular complexity index is 847. The Morgan fingerprint density at radius 1 is 0.926 bits per heavy atom. The lowest BCUT2D eigenvalue weighted by Gasteiger charge is -2.20. The topological polar surface area (TPSA) is 17.8 Å². The highest BCUT2D eigenvalue weighted by Gasteiger charge is 2.13. The van der Waals surface area contributed by atoms with Gasteiger partial charge in [-0.2, -0.15) is 0 Å². The Kier molecular flexibility index (Phi) is 6.25. The third-order valence-corrected chi connectivity index (χ3v) is 7.30. The first-order valence-electron chi connectivity index (χ1n) is 9.74. The lowest BCUT2D eigenvalue weighted by molar-refractivity contribution is 0.391. The third-order valence-electron chi connectivity index (χ3n) is 5.31. The van der Waals surface area contributed by atoms with Gasteiger partial charge < -0.3 is 0 Å². The van der Waals surface area contributed by atoms with E-state index in [0.717, 1.165) is 17.3 Å². The fourth-order valence-electron chi connectivity index (χ4n) is 3.74. The Morgan fingerprint density at radius 2 is 1.63 bits per heavy atom. The molecule has 2 aromatic carbocycles. The van der Waals surface area contributed by atoms with Crippen LogP contribution >= 0.6 is 23.5 Å². The van der Waals surface area contributed by atoms with Gasteiger partial charge in [0.25, 0.3) is 0 Å². The molecule has 2 nitrogen and oxygen atoms in total. The maximum absolute atomic E-state index is 4.59. The average molecular weight is 395 g/mol. The van der Waals surface area contributed by atoms with Crippen LogP contribution in [-0.4, -0.2) is 21.6 Å². The van der Waals surface area contributed by atoms with Crippen molar-refractivity contribution in [3.05, 3.63) is 60.9 Å². The minimum atomic E-state index is 0.910. The summed E-state index contributed by atoms with van der Waals surface area (Å²) in [6.45, 7) is 0. The molecule has 0 atom stereocenters. The highest BCUT2D eigenvalue weighted by molar-refractivity contribution is 7.99. The van der Waals surface area contributed by atoms with Crippen LogP contribution in [0.15, 0.2) is 70.7 Å². The molecule has 0 amide bonds. The minimum absolute atomic E-state index is 0.910. The van der Waals surface area contributed by atoms with E-state index >= 15 is 0 Å². The van der Waals surface area contributed by atoms with Gasteiger partial charge in [0.05, 0.1) is 0 Å². The number of benzene rings is 2. The molecule has 0 N–H and O–H groups in total. The number of hydrogen-bond donors (Lipinski definition) is 0. The zero-order valence-corrected chi connectivity index (χ0v) is 17.4. The summed E-state index contributed by atoms with van der Waals surface area (Å²) in [6, 6.07) is 17.5. The predicted octanol–water partition coefficient (Wildman–Crippen LogP) is 6.93. The number of hydrogen-bond acceptors (Lipinski definition) is 3. The molecular weight excluding hydrogens is 368 g/mol. The molecule has 1 aromatic heterocycles. The van der Waals surface area contributed by atoms with Crippen LogP contribution in [0.1, 0.15) is 32.1 Å². The molecule has 1 aliphatic carbocycles. The van der Waals surface area contributed by atoms with Crippen LogP contribution in [0.3, 0.4) is 0 Å². The molecule has 0 saturated heterocycles. The van der Waals surface area contributed by atoms with E-state index < -0.39 is 0 Å². The van der Waals surface area contributed by atoms with Gasteiger partial charge in [0, 0.05) is 39.2 Å². The Hall–Kier alpha value is -1.65. The van der Waals surface area contributed by atoms with Gasteiger partial charge in [-0.25, -0.2) is 4.98 Å². The Morgan fingerprint density at radius 3 is 2.33 bits per heavy atom. The smallest absolute Gasteiger partial charge is 0.144 e. The number of aromatic nitrogens is 2. The van der Waals surface area contributed by atoms with Crippen molar-refractivity contribution in [3.8, 4) is 17.1 Å². The molecule has 0 unspecified atom stereocenters.